The van der Waals surface area contributed by atoms with Crippen LogP contribution >= 0.6 is 0 Å². The molecular weight excluding hydrogens is 250 g/mol. The molecule has 2 aromatic rings. The van der Waals surface area contributed by atoms with Gasteiger partial charge in [-0.3, -0.25) is 4.68 Å². The Morgan fingerprint density at radius 2 is 2.05 bits per heavy atom. The molecule has 0 amide bonds. The molecule has 0 radical (unpaired) electrons. The number of anilines is 1. The van der Waals surface area contributed by atoms with Crippen LogP contribution in [-0.2, 0) is 12.1 Å². The van der Waals surface area contributed by atoms with Gasteiger partial charge in [0.15, 0.2) is 0 Å². The predicted molar refractivity (Wildman–Crippen MR) is 82.3 cm³/mol. The Morgan fingerprint density at radius 3 is 2.60 bits per heavy atom. The van der Waals surface area contributed by atoms with Crippen LogP contribution in [0.3, 0.4) is 0 Å². The summed E-state index contributed by atoms with van der Waals surface area (Å²) in [5.74, 6) is 0.913. The van der Waals surface area contributed by atoms with Crippen molar-refractivity contribution in [3.8, 4) is 5.75 Å². The van der Waals surface area contributed by atoms with Gasteiger partial charge < -0.3 is 10.1 Å². The summed E-state index contributed by atoms with van der Waals surface area (Å²) in [4.78, 5) is 0. The van der Waals surface area contributed by atoms with Crippen LogP contribution in [-0.4, -0.2) is 16.9 Å². The lowest BCUT2D eigenvalue weighted by Gasteiger charge is -2.18. The minimum absolute atomic E-state index is 0.0228. The summed E-state index contributed by atoms with van der Waals surface area (Å²) >= 11 is 0. The molecule has 1 aromatic carbocycles. The number of hydrogen-bond donors (Lipinski definition) is 1. The molecular formula is C16H23N3O. The van der Waals surface area contributed by atoms with Crippen LogP contribution in [0.4, 0.5) is 5.69 Å². The summed E-state index contributed by atoms with van der Waals surface area (Å²) in [5.41, 5.74) is 3.41. The van der Waals surface area contributed by atoms with E-state index in [4.69, 9.17) is 4.74 Å². The molecule has 0 saturated carbocycles. The van der Waals surface area contributed by atoms with Crippen LogP contribution in [0, 0.1) is 6.92 Å². The molecule has 0 unspecified atom stereocenters. The van der Waals surface area contributed by atoms with Gasteiger partial charge >= 0.3 is 0 Å². The maximum atomic E-state index is 5.26. The van der Waals surface area contributed by atoms with Gasteiger partial charge in [0.05, 0.1) is 18.8 Å². The minimum atomic E-state index is 0.0228. The van der Waals surface area contributed by atoms with Gasteiger partial charge in [0.1, 0.15) is 5.75 Å². The molecule has 2 rings (SSSR count). The molecule has 0 spiro atoms. The first-order valence-electron chi connectivity index (χ1n) is 6.82. The van der Waals surface area contributed by atoms with Crippen molar-refractivity contribution in [1.82, 2.24) is 9.78 Å². The Hall–Kier alpha value is -1.97. The lowest BCUT2D eigenvalue weighted by Crippen LogP contribution is -2.21. The van der Waals surface area contributed by atoms with Crippen molar-refractivity contribution in [2.75, 3.05) is 12.4 Å². The normalized spacial score (nSPS) is 11.4. The lowest BCUT2D eigenvalue weighted by molar-refractivity contribution is 0.355. The van der Waals surface area contributed by atoms with Gasteiger partial charge in [-0.1, -0.05) is 0 Å². The maximum absolute atomic E-state index is 5.26. The fraction of sp³-hybridized carbons (Fsp3) is 0.438. The molecule has 4 nitrogen and oxygen atoms in total. The molecule has 108 valence electrons. The van der Waals surface area contributed by atoms with E-state index in [2.05, 4.69) is 43.4 Å². The second-order valence-corrected chi connectivity index (χ2v) is 6.00. The van der Waals surface area contributed by atoms with Gasteiger partial charge in [0.2, 0.25) is 0 Å². The van der Waals surface area contributed by atoms with Gasteiger partial charge in [-0.25, -0.2) is 0 Å². The van der Waals surface area contributed by atoms with E-state index in [0.29, 0.717) is 0 Å². The highest BCUT2D eigenvalue weighted by Gasteiger charge is 2.13. The molecule has 1 heterocycles. The highest BCUT2D eigenvalue weighted by molar-refractivity contribution is 5.50. The Kier molecular flexibility index (Phi) is 4.02. The van der Waals surface area contributed by atoms with Crippen molar-refractivity contribution in [3.63, 3.8) is 0 Å². The Labute approximate surface area is 120 Å². The van der Waals surface area contributed by atoms with Gasteiger partial charge in [0.25, 0.3) is 0 Å². The second kappa shape index (κ2) is 5.57. The van der Waals surface area contributed by atoms with Crippen LogP contribution < -0.4 is 10.1 Å². The van der Waals surface area contributed by atoms with Crippen LogP contribution in [0.1, 0.15) is 31.9 Å². The number of rotatable bonds is 4. The number of nitrogens with zero attached hydrogens (tertiary/aromatic N) is 2. The standard InChI is InChI=1S/C16H23N3O/c1-12-8-14(6-7-15(12)20-5)17-9-13-10-18-19(11-13)16(2,3)4/h6-8,10-11,17H,9H2,1-5H3. The molecule has 0 bridgehead atoms. The number of methoxy groups -OCH3 is 1. The van der Waals surface area contributed by atoms with E-state index in [1.54, 1.807) is 7.11 Å². The van der Waals surface area contributed by atoms with Crippen molar-refractivity contribution < 1.29 is 4.74 Å². The molecule has 1 N–H and O–H groups in total. The fourth-order valence-corrected chi connectivity index (χ4v) is 2.01. The predicted octanol–water partition coefficient (Wildman–Crippen LogP) is 3.57. The van der Waals surface area contributed by atoms with E-state index in [1.807, 2.05) is 29.9 Å². The zero-order valence-corrected chi connectivity index (χ0v) is 12.9. The monoisotopic (exact) mass is 273 g/mol. The third-order valence-corrected chi connectivity index (χ3v) is 3.21. The first kappa shape index (κ1) is 14.4. The first-order chi connectivity index (χ1) is 9.40. The van der Waals surface area contributed by atoms with E-state index >= 15 is 0 Å². The van der Waals surface area contributed by atoms with E-state index in [1.165, 1.54) is 5.56 Å². The zero-order valence-electron chi connectivity index (χ0n) is 12.9. The maximum Gasteiger partial charge on any atom is 0.121 e. The third kappa shape index (κ3) is 3.32. The number of aromatic nitrogens is 2. The summed E-state index contributed by atoms with van der Waals surface area (Å²) in [6, 6.07) is 6.10. The minimum Gasteiger partial charge on any atom is -0.496 e. The van der Waals surface area contributed by atoms with Crippen LogP contribution in [0.15, 0.2) is 30.6 Å². The van der Waals surface area contributed by atoms with Crippen molar-refractivity contribution >= 4 is 5.69 Å². The van der Waals surface area contributed by atoms with E-state index < -0.39 is 0 Å². The lowest BCUT2D eigenvalue weighted by atomic mass is 10.1. The summed E-state index contributed by atoms with van der Waals surface area (Å²) in [6.45, 7) is 9.24. The Balaban J connectivity index is 2.02. The molecule has 20 heavy (non-hydrogen) atoms. The average molecular weight is 273 g/mol. The fourth-order valence-electron chi connectivity index (χ4n) is 2.01. The van der Waals surface area contributed by atoms with E-state index in [0.717, 1.165) is 23.5 Å². The topological polar surface area (TPSA) is 39.1 Å². The Morgan fingerprint density at radius 1 is 1.30 bits per heavy atom. The smallest absolute Gasteiger partial charge is 0.121 e. The van der Waals surface area contributed by atoms with Crippen LogP contribution in [0.25, 0.3) is 0 Å². The summed E-state index contributed by atoms with van der Waals surface area (Å²) < 4.78 is 7.25. The van der Waals surface area contributed by atoms with Crippen LogP contribution in [0.5, 0.6) is 5.75 Å². The molecule has 0 atom stereocenters. The summed E-state index contributed by atoms with van der Waals surface area (Å²) in [6.07, 6.45) is 4.00. The van der Waals surface area contributed by atoms with Gasteiger partial charge in [-0.05, 0) is 51.5 Å². The van der Waals surface area contributed by atoms with Gasteiger partial charge in [-0.2, -0.15) is 5.10 Å². The molecule has 0 aliphatic rings. The van der Waals surface area contributed by atoms with E-state index in [9.17, 15) is 0 Å². The molecule has 0 fully saturated rings. The number of benzene rings is 1. The number of nitrogens with one attached hydrogen (secondary N) is 1. The van der Waals surface area contributed by atoms with E-state index in [-0.39, 0.29) is 5.54 Å². The van der Waals surface area contributed by atoms with Gasteiger partial charge in [0, 0.05) is 24.0 Å². The molecule has 0 aliphatic heterocycles. The molecule has 4 heteroatoms. The molecule has 1 aromatic heterocycles. The Bertz CT molecular complexity index is 582. The van der Waals surface area contributed by atoms with Crippen molar-refractivity contribution in [2.24, 2.45) is 0 Å². The largest absolute Gasteiger partial charge is 0.496 e. The molecule has 0 saturated heterocycles. The van der Waals surface area contributed by atoms with Gasteiger partial charge in [-0.15, -0.1) is 0 Å². The first-order valence-corrected chi connectivity index (χ1v) is 6.82. The quantitative estimate of drug-likeness (QED) is 0.925. The summed E-state index contributed by atoms with van der Waals surface area (Å²) in [5, 5.41) is 7.81. The summed E-state index contributed by atoms with van der Waals surface area (Å²) in [7, 11) is 1.69. The third-order valence-electron chi connectivity index (χ3n) is 3.21. The zero-order chi connectivity index (χ0) is 14.8. The van der Waals surface area contributed by atoms with Crippen molar-refractivity contribution in [2.45, 2.75) is 39.8 Å². The highest BCUT2D eigenvalue weighted by Crippen LogP contribution is 2.22. The second-order valence-electron chi connectivity index (χ2n) is 6.00. The highest BCUT2D eigenvalue weighted by atomic mass is 16.5. The number of hydrogen-bond acceptors (Lipinski definition) is 3. The SMILES string of the molecule is COc1ccc(NCc2cnn(C(C)(C)C)c2)cc1C. The van der Waals surface area contributed by atoms with Crippen molar-refractivity contribution in [1.29, 1.82) is 0 Å². The molecule has 0 aliphatic carbocycles. The van der Waals surface area contributed by atoms with Crippen LogP contribution in [0.2, 0.25) is 0 Å². The average Bonchev–Trinajstić information content (AvgIpc) is 2.85. The number of aryl methyl sites for hydroxylation is 1. The van der Waals surface area contributed by atoms with Crippen molar-refractivity contribution in [3.05, 3.63) is 41.7 Å². The number of ether oxygens (including phenoxy) is 1.